The van der Waals surface area contributed by atoms with Crippen LogP contribution in [0, 0.1) is 0 Å². The fourth-order valence-corrected chi connectivity index (χ4v) is 0. The Morgan fingerprint density at radius 3 is 1.80 bits per heavy atom. The molecular formula is H2AsCuO3. The molecule has 0 rings (SSSR count). The zero-order valence-electron chi connectivity index (χ0n) is 2.05. The normalized spacial score (nSPS) is 9.80. The minimum atomic E-state index is -2.90. The standard InChI is InChI=1S/AsH2O3.Cu/c2-1(3)4;/h2-3H;/q-1;+1. The van der Waals surface area contributed by atoms with E-state index >= 15 is 0 Å². The van der Waals surface area contributed by atoms with E-state index in [0.29, 0.717) is 0 Å². The molecule has 0 bridgehead atoms. The summed E-state index contributed by atoms with van der Waals surface area (Å²) in [6.07, 6.45) is 0. The van der Waals surface area contributed by atoms with Gasteiger partial charge in [-0.15, -0.1) is 0 Å². The molecule has 0 atom stereocenters. The first kappa shape index (κ1) is 5.96. The summed E-state index contributed by atoms with van der Waals surface area (Å²) in [7, 11) is 0. The van der Waals surface area contributed by atoms with Crippen LogP contribution in [0.1, 0.15) is 0 Å². The quantitative estimate of drug-likeness (QED) is 0.489. The van der Waals surface area contributed by atoms with Gasteiger partial charge >= 0.3 is 43.0 Å². The van der Waals surface area contributed by atoms with Gasteiger partial charge in [-0.2, -0.15) is 0 Å². The molecule has 0 aromatic carbocycles. The van der Waals surface area contributed by atoms with E-state index < -0.39 is 15.7 Å². The molecule has 0 spiro atoms. The van der Waals surface area contributed by atoms with E-state index in [-0.39, 0.29) is 0 Å². The van der Waals surface area contributed by atoms with Crippen LogP contribution < -0.4 is 0 Å². The van der Waals surface area contributed by atoms with Gasteiger partial charge in [-0.05, 0) is 0 Å². The molecule has 0 heterocycles. The van der Waals surface area contributed by atoms with E-state index in [2.05, 4.69) is 19.2 Å². The number of hydrogen-bond acceptors (Lipinski definition) is 3. The van der Waals surface area contributed by atoms with E-state index in [1.165, 1.54) is 0 Å². The molecule has 0 aromatic rings. The molecule has 0 saturated carbocycles. The molecule has 0 amide bonds. The Bertz CT molecular complexity index is 20.9. The minimum absolute atomic E-state index is 2.90. The predicted molar refractivity (Wildman–Crippen MR) is 11.3 cm³/mol. The van der Waals surface area contributed by atoms with Crippen molar-refractivity contribution in [1.29, 1.82) is 0 Å². The summed E-state index contributed by atoms with van der Waals surface area (Å²) >= 11 is 0.969. The van der Waals surface area contributed by atoms with Gasteiger partial charge < -0.3 is 0 Å². The Morgan fingerprint density at radius 2 is 1.80 bits per heavy atom. The van der Waals surface area contributed by atoms with Crippen molar-refractivity contribution >= 4 is 15.7 Å². The van der Waals surface area contributed by atoms with Gasteiger partial charge in [0.2, 0.25) is 0 Å². The zero-order valence-corrected chi connectivity index (χ0v) is 4.87. The molecule has 0 saturated heterocycles. The Labute approximate surface area is 43.4 Å². The van der Waals surface area contributed by atoms with Crippen molar-refractivity contribution < 1.29 is 27.3 Å². The zero-order chi connectivity index (χ0) is 4.28. The van der Waals surface area contributed by atoms with E-state index in [1.54, 1.807) is 0 Å². The van der Waals surface area contributed by atoms with Crippen molar-refractivity contribution in [2.24, 2.45) is 0 Å². The van der Waals surface area contributed by atoms with Crippen molar-refractivity contribution in [3.8, 4) is 0 Å². The third kappa shape index (κ3) is 4.96. The van der Waals surface area contributed by atoms with Crippen LogP contribution >= 0.6 is 0 Å². The van der Waals surface area contributed by atoms with Crippen molar-refractivity contribution in [1.82, 2.24) is 0 Å². The van der Waals surface area contributed by atoms with Crippen molar-refractivity contribution in [3.63, 3.8) is 0 Å². The summed E-state index contributed by atoms with van der Waals surface area (Å²) < 4.78 is 19.0. The fraction of sp³-hybridized carbons (Fsp3) is 0. The Hall–Kier alpha value is 0.958. The second kappa shape index (κ2) is 3.16. The molecule has 5 heavy (non-hydrogen) atoms. The summed E-state index contributed by atoms with van der Waals surface area (Å²) in [5, 5.41) is 0. The van der Waals surface area contributed by atoms with Crippen molar-refractivity contribution in [2.75, 3.05) is 0 Å². The van der Waals surface area contributed by atoms with E-state index in [1.807, 2.05) is 0 Å². The van der Waals surface area contributed by atoms with Crippen LogP contribution in [0.4, 0.5) is 0 Å². The van der Waals surface area contributed by atoms with Gasteiger partial charge in [0.15, 0.2) is 0 Å². The van der Waals surface area contributed by atoms with E-state index in [4.69, 9.17) is 8.19 Å². The summed E-state index contributed by atoms with van der Waals surface area (Å²) in [5.74, 6) is 0. The first-order chi connectivity index (χ1) is 2.27. The third-order valence-corrected chi connectivity index (χ3v) is 1.05. The average Bonchev–Trinajstić information content (AvgIpc) is 1.38. The van der Waals surface area contributed by atoms with Gasteiger partial charge in [-0.1, -0.05) is 0 Å². The molecular weight excluding hydrogens is 186 g/mol. The van der Waals surface area contributed by atoms with Crippen LogP contribution in [0.2, 0.25) is 0 Å². The first-order valence-electron chi connectivity index (χ1n) is 0.706. The van der Waals surface area contributed by atoms with Crippen LogP contribution in [-0.4, -0.2) is 23.9 Å². The molecule has 0 aromatic heterocycles. The van der Waals surface area contributed by atoms with Gasteiger partial charge in [0, 0.05) is 0 Å². The van der Waals surface area contributed by atoms with Gasteiger partial charge in [0.25, 0.3) is 0 Å². The Morgan fingerprint density at radius 1 is 1.60 bits per heavy atom. The van der Waals surface area contributed by atoms with Gasteiger partial charge in [0.1, 0.15) is 0 Å². The van der Waals surface area contributed by atoms with Crippen LogP contribution in [0.25, 0.3) is 0 Å². The van der Waals surface area contributed by atoms with Crippen LogP contribution in [-0.2, 0) is 19.2 Å². The monoisotopic (exact) mass is 188 g/mol. The van der Waals surface area contributed by atoms with Crippen LogP contribution in [0.15, 0.2) is 0 Å². The Kier molecular flexibility index (Phi) is 3.76. The fourth-order valence-electron chi connectivity index (χ4n) is 0. The summed E-state index contributed by atoms with van der Waals surface area (Å²) in [4.78, 5) is 0. The summed E-state index contributed by atoms with van der Waals surface area (Å²) in [5.41, 5.74) is 0. The Balaban J connectivity index is 2.54. The van der Waals surface area contributed by atoms with E-state index in [9.17, 15) is 0 Å². The molecule has 0 unspecified atom stereocenters. The second-order valence-electron chi connectivity index (χ2n) is 0.308. The maximum atomic E-state index is 7.73. The number of hydrogen-bond donors (Lipinski definition) is 2. The van der Waals surface area contributed by atoms with Crippen molar-refractivity contribution in [2.45, 2.75) is 0 Å². The molecule has 0 radical (unpaired) electrons. The molecule has 36 valence electrons. The van der Waals surface area contributed by atoms with Crippen molar-refractivity contribution in [3.05, 3.63) is 0 Å². The maximum absolute atomic E-state index is 7.73. The summed E-state index contributed by atoms with van der Waals surface area (Å²) in [6, 6.07) is 0. The topological polar surface area (TPSA) is 49.7 Å². The van der Waals surface area contributed by atoms with Gasteiger partial charge in [-0.3, -0.25) is 0 Å². The third-order valence-electron chi connectivity index (χ3n) is 0.0492. The van der Waals surface area contributed by atoms with E-state index in [0.717, 1.165) is 0 Å². The molecule has 2 N–H and O–H groups in total. The molecule has 5 heteroatoms. The van der Waals surface area contributed by atoms with Crippen LogP contribution in [0.5, 0.6) is 0 Å². The molecule has 0 aliphatic rings. The first-order valence-corrected chi connectivity index (χ1v) is 3.53. The number of rotatable bonds is 1. The second-order valence-corrected chi connectivity index (χ2v) is 2.49. The SMILES string of the molecule is O[As](O)[O][Cu]. The average molecular weight is 188 g/mol. The van der Waals surface area contributed by atoms with Gasteiger partial charge in [-0.25, -0.2) is 0 Å². The molecule has 0 aliphatic heterocycles. The summed E-state index contributed by atoms with van der Waals surface area (Å²) in [6.45, 7) is 0. The molecule has 0 fully saturated rings. The molecule has 3 nitrogen and oxygen atoms in total. The van der Waals surface area contributed by atoms with Gasteiger partial charge in [0.05, 0.1) is 0 Å². The predicted octanol–water partition coefficient (Wildman–Crippen LogP) is -1.57. The van der Waals surface area contributed by atoms with Crippen LogP contribution in [0.3, 0.4) is 0 Å². The molecule has 0 aliphatic carbocycles.